The van der Waals surface area contributed by atoms with Crippen LogP contribution in [0.15, 0.2) is 30.5 Å². The smallest absolute Gasteiger partial charge is 0.305 e. The minimum atomic E-state index is -0.934. The number of hydrogen-bond acceptors (Lipinski definition) is 3. The number of fused-ring (bicyclic) bond motifs is 1. The zero-order valence-electron chi connectivity index (χ0n) is 8.93. The van der Waals surface area contributed by atoms with Crippen LogP contribution in [0.25, 0.3) is 10.9 Å². The quantitative estimate of drug-likeness (QED) is 0.877. The van der Waals surface area contributed by atoms with Crippen LogP contribution in [0.5, 0.6) is 0 Å². The van der Waals surface area contributed by atoms with Gasteiger partial charge in [-0.15, -0.1) is 0 Å². The second-order valence-electron chi connectivity index (χ2n) is 3.74. The molecule has 0 aliphatic carbocycles. The van der Waals surface area contributed by atoms with E-state index in [-0.39, 0.29) is 6.42 Å². The van der Waals surface area contributed by atoms with Crippen LogP contribution in [0.2, 0.25) is 5.02 Å². The molecule has 1 aromatic heterocycles. The second-order valence-corrected chi connectivity index (χ2v) is 4.15. The monoisotopic (exact) mass is 250 g/mol. The van der Waals surface area contributed by atoms with Gasteiger partial charge in [-0.25, -0.2) is 0 Å². The summed E-state index contributed by atoms with van der Waals surface area (Å²) in [6, 6.07) is 6.47. The Morgan fingerprint density at radius 2 is 2.24 bits per heavy atom. The molecule has 4 nitrogen and oxygen atoms in total. The molecule has 88 valence electrons. The average Bonchev–Trinajstić information content (AvgIpc) is 2.29. The maximum absolute atomic E-state index is 10.7. The Labute approximate surface area is 103 Å². The molecule has 5 heteroatoms. The van der Waals surface area contributed by atoms with E-state index in [1.54, 1.807) is 24.4 Å². The van der Waals surface area contributed by atoms with Crippen molar-refractivity contribution in [1.29, 1.82) is 0 Å². The number of nitrogens with zero attached hydrogens (tertiary/aromatic N) is 1. The topological polar surface area (TPSA) is 76.2 Å². The van der Waals surface area contributed by atoms with Gasteiger partial charge in [0, 0.05) is 22.6 Å². The summed E-state index contributed by atoms with van der Waals surface area (Å²) in [5.74, 6) is -0.934. The summed E-state index contributed by atoms with van der Waals surface area (Å²) < 4.78 is 0. The van der Waals surface area contributed by atoms with Crippen molar-refractivity contribution in [3.63, 3.8) is 0 Å². The van der Waals surface area contributed by atoms with Gasteiger partial charge in [-0.3, -0.25) is 9.78 Å². The molecule has 0 amide bonds. The summed E-state index contributed by atoms with van der Waals surface area (Å²) in [6.07, 6.45) is 1.50. The Morgan fingerprint density at radius 1 is 1.47 bits per heavy atom. The lowest BCUT2D eigenvalue weighted by atomic mass is 10.0. The molecule has 0 unspecified atom stereocenters. The minimum Gasteiger partial charge on any atom is -0.481 e. The van der Waals surface area contributed by atoms with E-state index in [1.807, 2.05) is 6.07 Å². The van der Waals surface area contributed by atoms with Gasteiger partial charge in [-0.1, -0.05) is 17.7 Å². The van der Waals surface area contributed by atoms with Crippen LogP contribution in [0.1, 0.15) is 18.0 Å². The Hall–Kier alpha value is -1.65. The van der Waals surface area contributed by atoms with Crippen molar-refractivity contribution in [3.8, 4) is 0 Å². The third-order valence-corrected chi connectivity index (χ3v) is 2.87. The number of nitrogens with two attached hydrogens (primary N) is 1. The van der Waals surface area contributed by atoms with E-state index in [0.717, 1.165) is 5.39 Å². The van der Waals surface area contributed by atoms with E-state index in [9.17, 15) is 4.79 Å². The van der Waals surface area contributed by atoms with Gasteiger partial charge >= 0.3 is 5.97 Å². The minimum absolute atomic E-state index is 0.132. The summed E-state index contributed by atoms with van der Waals surface area (Å²) in [6.45, 7) is 0. The Balaban J connectivity index is 2.55. The van der Waals surface area contributed by atoms with Crippen molar-refractivity contribution in [1.82, 2.24) is 4.98 Å². The number of carboxylic acid groups (broad SMARTS) is 1. The fraction of sp³-hybridized carbons (Fsp3) is 0.167. The number of benzene rings is 1. The Morgan fingerprint density at radius 3 is 2.94 bits per heavy atom. The first kappa shape index (κ1) is 11.8. The van der Waals surface area contributed by atoms with E-state index < -0.39 is 12.0 Å². The van der Waals surface area contributed by atoms with Crippen LogP contribution in [0, 0.1) is 0 Å². The molecule has 3 N–H and O–H groups in total. The molecule has 0 saturated carbocycles. The lowest BCUT2D eigenvalue weighted by molar-refractivity contribution is -0.137. The summed E-state index contributed by atoms with van der Waals surface area (Å²) in [5.41, 5.74) is 7.21. The van der Waals surface area contributed by atoms with E-state index in [4.69, 9.17) is 22.4 Å². The van der Waals surface area contributed by atoms with E-state index in [0.29, 0.717) is 16.1 Å². The Bertz CT molecular complexity index is 571. The molecule has 0 aliphatic rings. The molecule has 0 saturated heterocycles. The number of aromatic nitrogens is 1. The third kappa shape index (κ3) is 2.38. The number of hydrogen-bond donors (Lipinski definition) is 2. The predicted octanol–water partition coefficient (Wildman–Crippen LogP) is 2.36. The molecule has 0 radical (unpaired) electrons. The number of carboxylic acids is 1. The first-order valence-electron chi connectivity index (χ1n) is 5.10. The third-order valence-electron chi connectivity index (χ3n) is 2.54. The number of carbonyl (C=O) groups is 1. The lowest BCUT2D eigenvalue weighted by Crippen LogP contribution is -2.15. The van der Waals surface area contributed by atoms with Gasteiger partial charge < -0.3 is 10.8 Å². The van der Waals surface area contributed by atoms with Gasteiger partial charge in [0.15, 0.2) is 0 Å². The zero-order chi connectivity index (χ0) is 12.4. The molecular formula is C12H11ClN2O2. The fourth-order valence-electron chi connectivity index (χ4n) is 1.76. The maximum atomic E-state index is 10.7. The van der Waals surface area contributed by atoms with Crippen LogP contribution in [0.3, 0.4) is 0 Å². The van der Waals surface area contributed by atoms with Gasteiger partial charge in [-0.2, -0.15) is 0 Å². The number of rotatable bonds is 3. The molecular weight excluding hydrogens is 240 g/mol. The molecule has 1 atom stereocenters. The van der Waals surface area contributed by atoms with Crippen molar-refractivity contribution in [2.75, 3.05) is 0 Å². The second kappa shape index (κ2) is 4.69. The lowest BCUT2D eigenvalue weighted by Gasteiger charge is -2.12. The van der Waals surface area contributed by atoms with E-state index in [2.05, 4.69) is 4.98 Å². The highest BCUT2D eigenvalue weighted by atomic mass is 35.5. The van der Waals surface area contributed by atoms with Crippen LogP contribution >= 0.6 is 11.6 Å². The van der Waals surface area contributed by atoms with Crippen molar-refractivity contribution in [3.05, 3.63) is 41.0 Å². The normalized spacial score (nSPS) is 12.6. The molecule has 2 aromatic rings. The molecule has 17 heavy (non-hydrogen) atoms. The highest BCUT2D eigenvalue weighted by Crippen LogP contribution is 2.28. The number of pyridine rings is 1. The van der Waals surface area contributed by atoms with Crippen molar-refractivity contribution in [2.45, 2.75) is 12.5 Å². The summed E-state index contributed by atoms with van der Waals surface area (Å²) in [7, 11) is 0. The number of aliphatic carboxylic acids is 1. The van der Waals surface area contributed by atoms with E-state index >= 15 is 0 Å². The van der Waals surface area contributed by atoms with Crippen molar-refractivity contribution in [2.24, 2.45) is 5.73 Å². The highest BCUT2D eigenvalue weighted by Gasteiger charge is 2.15. The maximum Gasteiger partial charge on any atom is 0.305 e. The molecule has 2 rings (SSSR count). The van der Waals surface area contributed by atoms with Gasteiger partial charge in [-0.05, 0) is 23.8 Å². The molecule has 1 aromatic carbocycles. The molecule has 0 spiro atoms. The first-order valence-corrected chi connectivity index (χ1v) is 5.48. The number of halogens is 1. The molecule has 0 fully saturated rings. The van der Waals surface area contributed by atoms with Gasteiger partial charge in [0.2, 0.25) is 0 Å². The fourth-order valence-corrected chi connectivity index (χ4v) is 1.97. The van der Waals surface area contributed by atoms with Crippen LogP contribution in [-0.2, 0) is 4.79 Å². The first-order chi connectivity index (χ1) is 8.09. The summed E-state index contributed by atoms with van der Waals surface area (Å²) >= 11 is 6.04. The Kier molecular flexibility index (Phi) is 3.26. The molecule has 0 aliphatic heterocycles. The van der Waals surface area contributed by atoms with Crippen molar-refractivity contribution < 1.29 is 9.90 Å². The largest absolute Gasteiger partial charge is 0.481 e. The average molecular weight is 251 g/mol. The predicted molar refractivity (Wildman–Crippen MR) is 65.9 cm³/mol. The highest BCUT2D eigenvalue weighted by molar-refractivity contribution is 6.35. The SMILES string of the molecule is N[C@H](CC(=O)O)c1ccc(Cl)c2cccnc12. The van der Waals surface area contributed by atoms with Crippen LogP contribution in [0.4, 0.5) is 0 Å². The van der Waals surface area contributed by atoms with Crippen LogP contribution in [-0.4, -0.2) is 16.1 Å². The molecule has 1 heterocycles. The van der Waals surface area contributed by atoms with Crippen molar-refractivity contribution >= 4 is 28.5 Å². The van der Waals surface area contributed by atoms with Gasteiger partial charge in [0.25, 0.3) is 0 Å². The van der Waals surface area contributed by atoms with Crippen LogP contribution < -0.4 is 5.73 Å². The van der Waals surface area contributed by atoms with E-state index in [1.165, 1.54) is 0 Å². The summed E-state index contributed by atoms with van der Waals surface area (Å²) in [5, 5.41) is 10.1. The standard InChI is InChI=1S/C12H11ClN2O2/c13-9-4-3-8(10(14)6-11(16)17)12-7(9)2-1-5-15-12/h1-5,10H,6,14H2,(H,16,17)/t10-/m1/s1. The zero-order valence-corrected chi connectivity index (χ0v) is 9.69. The van der Waals surface area contributed by atoms with Gasteiger partial charge in [0.1, 0.15) is 0 Å². The summed E-state index contributed by atoms with van der Waals surface area (Å²) in [4.78, 5) is 14.9. The van der Waals surface area contributed by atoms with Gasteiger partial charge in [0.05, 0.1) is 11.9 Å². The molecule has 0 bridgehead atoms.